The largest absolute Gasteiger partial charge is 0.371 e. The molecule has 9 rings (SSSR count). The van der Waals surface area contributed by atoms with Gasteiger partial charge < -0.3 is 40.4 Å². The number of likely N-dealkylation sites (N-methyl/N-ethyl adjacent to an activating group) is 1. The molecule has 16 heteroatoms. The summed E-state index contributed by atoms with van der Waals surface area (Å²) in [5, 5.41) is 5.69. The highest BCUT2D eigenvalue weighted by Crippen LogP contribution is 2.35. The average molecular weight is 804 g/mol. The maximum absolute atomic E-state index is 13.2. The molecule has 0 aliphatic carbocycles. The number of aromatic nitrogens is 2. The van der Waals surface area contributed by atoms with E-state index in [4.69, 9.17) is 10.7 Å². The van der Waals surface area contributed by atoms with E-state index in [1.54, 1.807) is 16.0 Å². The van der Waals surface area contributed by atoms with E-state index in [1.165, 1.54) is 5.56 Å². The van der Waals surface area contributed by atoms with Crippen LogP contribution < -0.4 is 26.2 Å². The second-order valence-electron chi connectivity index (χ2n) is 17.1. The normalized spacial score (nSPS) is 24.3. The van der Waals surface area contributed by atoms with Gasteiger partial charge in [-0.1, -0.05) is 12.1 Å². The number of fused-ring (bicyclic) bond motifs is 1. The molecule has 310 valence electrons. The maximum Gasteiger partial charge on any atom is 0.320 e. The van der Waals surface area contributed by atoms with Crippen LogP contribution in [0.15, 0.2) is 48.7 Å². The molecule has 0 radical (unpaired) electrons. The van der Waals surface area contributed by atoms with E-state index in [-0.39, 0.29) is 41.9 Å². The number of carbonyl (C=O) groups is 5. The van der Waals surface area contributed by atoms with E-state index >= 15 is 0 Å². The monoisotopic (exact) mass is 803 g/mol. The zero-order valence-electron chi connectivity index (χ0n) is 33.6. The topological polar surface area (TPSA) is 181 Å². The number of carbonyl (C=O) groups excluding carboxylic acids is 5. The molecule has 7 heterocycles. The molecule has 0 spiro atoms. The number of nitrogens with two attached hydrogens (primary N) is 1. The number of hydrogen-bond acceptors (Lipinski definition) is 11. The van der Waals surface area contributed by atoms with Crippen LogP contribution in [0.2, 0.25) is 0 Å². The lowest BCUT2D eigenvalue weighted by atomic mass is 9.89. The number of likely N-dealkylation sites (tertiary alicyclic amines) is 1. The van der Waals surface area contributed by atoms with Gasteiger partial charge in [-0.15, -0.1) is 0 Å². The Kier molecular flexibility index (Phi) is 10.6. The molecule has 3 atom stereocenters. The molecule has 2 aromatic carbocycles. The van der Waals surface area contributed by atoms with Crippen molar-refractivity contribution in [1.29, 1.82) is 0 Å². The number of hydrogen-bond donors (Lipinski definition) is 3. The van der Waals surface area contributed by atoms with Gasteiger partial charge in [0.1, 0.15) is 11.9 Å². The number of benzene rings is 2. The van der Waals surface area contributed by atoms with Crippen molar-refractivity contribution in [3.8, 4) is 0 Å². The first-order chi connectivity index (χ1) is 28.6. The van der Waals surface area contributed by atoms with Crippen LogP contribution in [0.5, 0.6) is 0 Å². The van der Waals surface area contributed by atoms with Gasteiger partial charge in [-0.25, -0.2) is 14.8 Å². The molecule has 1 aromatic heterocycles. The Bertz CT molecular complexity index is 2140. The van der Waals surface area contributed by atoms with Crippen LogP contribution in [0.3, 0.4) is 0 Å². The van der Waals surface area contributed by atoms with Gasteiger partial charge in [0.25, 0.3) is 11.8 Å². The van der Waals surface area contributed by atoms with Gasteiger partial charge in [0.05, 0.1) is 12.2 Å². The fraction of sp³-hybridized carbons (Fsp3) is 0.512. The second-order valence-corrected chi connectivity index (χ2v) is 17.1. The molecule has 59 heavy (non-hydrogen) atoms. The number of piperidine rings is 3. The van der Waals surface area contributed by atoms with Crippen LogP contribution in [0.25, 0.3) is 0 Å². The summed E-state index contributed by atoms with van der Waals surface area (Å²) in [4.78, 5) is 84.1. The van der Waals surface area contributed by atoms with E-state index in [2.05, 4.69) is 48.5 Å². The number of anilines is 4. The fourth-order valence-electron chi connectivity index (χ4n) is 9.99. The summed E-state index contributed by atoms with van der Waals surface area (Å²) in [7, 11) is 1.84. The number of imide groups is 1. The maximum atomic E-state index is 13.2. The van der Waals surface area contributed by atoms with Gasteiger partial charge in [-0.2, -0.15) is 0 Å². The SMILES string of the molecule is CN1CCN(C2CCCN(c3cnc(C(N)=O)c(Nc4ccc(C5CCN(CC6CCN(c7ccc8c(c7)CN(C7CCC(=O)NC7=O)C8=O)C6)CC5)cc4)n3)C2)C1=O. The quantitative estimate of drug-likeness (QED) is 0.257. The van der Waals surface area contributed by atoms with Crippen molar-refractivity contribution in [2.24, 2.45) is 11.7 Å². The van der Waals surface area contributed by atoms with E-state index in [0.717, 1.165) is 101 Å². The van der Waals surface area contributed by atoms with Gasteiger partial charge >= 0.3 is 6.03 Å². The van der Waals surface area contributed by atoms with E-state index < -0.39 is 11.9 Å². The number of nitrogens with zero attached hydrogens (tertiary/aromatic N) is 8. The van der Waals surface area contributed by atoms with Crippen molar-refractivity contribution in [3.63, 3.8) is 0 Å². The smallest absolute Gasteiger partial charge is 0.320 e. The number of nitrogens with one attached hydrogen (secondary N) is 2. The van der Waals surface area contributed by atoms with Crippen LogP contribution in [-0.2, 0) is 16.1 Å². The first-order valence-electron chi connectivity index (χ1n) is 21.1. The molecule has 3 aromatic rings. The van der Waals surface area contributed by atoms with Crippen molar-refractivity contribution in [2.75, 3.05) is 81.1 Å². The highest BCUT2D eigenvalue weighted by atomic mass is 16.2. The third kappa shape index (κ3) is 7.89. The number of rotatable bonds is 10. The molecule has 6 amide bonds. The number of amides is 6. The molecule has 5 fully saturated rings. The Hall–Kier alpha value is -5.77. The fourth-order valence-corrected chi connectivity index (χ4v) is 9.99. The van der Waals surface area contributed by atoms with Crippen molar-refractivity contribution < 1.29 is 24.0 Å². The van der Waals surface area contributed by atoms with E-state index in [1.807, 2.05) is 36.2 Å². The molecule has 0 saturated carbocycles. The zero-order valence-corrected chi connectivity index (χ0v) is 33.6. The first kappa shape index (κ1) is 38.7. The highest BCUT2D eigenvalue weighted by molar-refractivity contribution is 6.05. The van der Waals surface area contributed by atoms with Crippen LogP contribution in [0.4, 0.5) is 27.8 Å². The van der Waals surface area contributed by atoms with Crippen molar-refractivity contribution in [1.82, 2.24) is 34.9 Å². The predicted octanol–water partition coefficient (Wildman–Crippen LogP) is 3.12. The predicted molar refractivity (Wildman–Crippen MR) is 221 cm³/mol. The van der Waals surface area contributed by atoms with Crippen LogP contribution in [0.1, 0.15) is 82.8 Å². The van der Waals surface area contributed by atoms with E-state index in [9.17, 15) is 24.0 Å². The lowest BCUT2D eigenvalue weighted by Gasteiger charge is -2.37. The van der Waals surface area contributed by atoms with Crippen LogP contribution in [0, 0.1) is 5.92 Å². The minimum atomic E-state index is -0.650. The van der Waals surface area contributed by atoms with Crippen molar-refractivity contribution in [3.05, 3.63) is 71.0 Å². The third-order valence-electron chi connectivity index (χ3n) is 13.3. The highest BCUT2D eigenvalue weighted by Gasteiger charge is 2.40. The molecule has 6 aliphatic heterocycles. The molecule has 5 saturated heterocycles. The Labute approximate surface area is 344 Å². The summed E-state index contributed by atoms with van der Waals surface area (Å²) >= 11 is 0. The van der Waals surface area contributed by atoms with Gasteiger partial charge in [-0.05, 0) is 105 Å². The summed E-state index contributed by atoms with van der Waals surface area (Å²) in [5.41, 5.74) is 10.6. The van der Waals surface area contributed by atoms with Crippen molar-refractivity contribution in [2.45, 2.75) is 69.5 Å². The van der Waals surface area contributed by atoms with Crippen LogP contribution in [-0.4, -0.2) is 137 Å². The summed E-state index contributed by atoms with van der Waals surface area (Å²) in [5.74, 6) is 0.546. The lowest BCUT2D eigenvalue weighted by Crippen LogP contribution is -2.52. The summed E-state index contributed by atoms with van der Waals surface area (Å²) in [6.07, 6.45) is 7.37. The lowest BCUT2D eigenvalue weighted by molar-refractivity contribution is -0.136. The number of primary amides is 1. The Morgan fingerprint density at radius 2 is 1.69 bits per heavy atom. The molecule has 0 bridgehead atoms. The number of urea groups is 1. The molecule has 16 nitrogen and oxygen atoms in total. The molecule has 6 aliphatic rings. The second kappa shape index (κ2) is 16.1. The summed E-state index contributed by atoms with van der Waals surface area (Å²) in [6, 6.07) is 14.0. The molecular weight excluding hydrogens is 751 g/mol. The Morgan fingerprint density at radius 3 is 2.44 bits per heavy atom. The minimum Gasteiger partial charge on any atom is -0.371 e. The van der Waals surface area contributed by atoms with Crippen molar-refractivity contribution >= 4 is 52.7 Å². The van der Waals surface area contributed by atoms with Crippen LogP contribution >= 0.6 is 0 Å². The molecule has 3 unspecified atom stereocenters. The zero-order chi connectivity index (χ0) is 40.8. The van der Waals surface area contributed by atoms with Gasteiger partial charge in [0.15, 0.2) is 11.5 Å². The van der Waals surface area contributed by atoms with Gasteiger partial charge in [0, 0.05) is 82.8 Å². The van der Waals surface area contributed by atoms with Gasteiger partial charge in [0.2, 0.25) is 11.8 Å². The van der Waals surface area contributed by atoms with Gasteiger partial charge in [-0.3, -0.25) is 24.5 Å². The minimum absolute atomic E-state index is 0.0677. The summed E-state index contributed by atoms with van der Waals surface area (Å²) in [6.45, 7) is 8.39. The van der Waals surface area contributed by atoms with E-state index in [0.29, 0.717) is 48.5 Å². The standard InChI is InChI=1S/C43H53N11O5/c1-49-19-20-53(43(49)59)33-3-2-15-52(26-33)36-22-45-38(39(44)56)40(47-36)46-31-6-4-28(5-7-31)29-13-16-50(17-14-29)23-27-12-18-51(24-27)32-8-9-34-30(21-32)25-54(42(34)58)35-10-11-37(55)48-41(35)57/h4-9,21-22,27,29,33,35H,2-3,10-20,23-26H2,1H3,(H2,44,56)(H,46,47)(H,48,55,57). The Balaban J connectivity index is 0.764. The third-order valence-corrected chi connectivity index (χ3v) is 13.3. The molecule has 4 N–H and O–H groups in total. The average Bonchev–Trinajstić information content (AvgIpc) is 3.94. The Morgan fingerprint density at radius 1 is 0.881 bits per heavy atom. The molecular formula is C43H53N11O5. The summed E-state index contributed by atoms with van der Waals surface area (Å²) < 4.78 is 0. The first-order valence-corrected chi connectivity index (χ1v) is 21.1.